The molecule has 0 bridgehead atoms. The van der Waals surface area contributed by atoms with E-state index in [0.717, 1.165) is 25.1 Å². The summed E-state index contributed by atoms with van der Waals surface area (Å²) in [6.45, 7) is 6.09. The number of aryl methyl sites for hydroxylation is 1. The molecule has 100 valence electrons. The first-order valence-corrected chi connectivity index (χ1v) is 6.25. The van der Waals surface area contributed by atoms with Gasteiger partial charge in [-0.05, 0) is 32.8 Å². The first-order valence-electron chi connectivity index (χ1n) is 6.25. The third-order valence-corrected chi connectivity index (χ3v) is 3.44. The van der Waals surface area contributed by atoms with Crippen LogP contribution in [0.15, 0.2) is 6.07 Å². The number of hydrogen-bond donors (Lipinski definition) is 3. The smallest absolute Gasteiger partial charge is 0.337 e. The maximum atomic E-state index is 10.9. The molecule has 5 nitrogen and oxygen atoms in total. The summed E-state index contributed by atoms with van der Waals surface area (Å²) in [5.74, 6) is -0.887. The van der Waals surface area contributed by atoms with Crippen molar-refractivity contribution in [3.63, 3.8) is 0 Å². The van der Waals surface area contributed by atoms with Crippen molar-refractivity contribution in [2.75, 3.05) is 13.2 Å². The Morgan fingerprint density at radius 3 is 3.00 bits per heavy atom. The van der Waals surface area contributed by atoms with E-state index in [2.05, 4.69) is 17.2 Å². The lowest BCUT2D eigenvalue weighted by molar-refractivity contribution is 0.0276. The van der Waals surface area contributed by atoms with Gasteiger partial charge in [0.1, 0.15) is 0 Å². The Kier molecular flexibility index (Phi) is 3.73. The number of carbonyl (C=O) groups is 1. The third kappa shape index (κ3) is 2.91. The Balaban J connectivity index is 1.97. The number of aromatic amines is 1. The average molecular weight is 252 g/mol. The molecule has 2 rings (SSSR count). The highest BCUT2D eigenvalue weighted by atomic mass is 16.5. The summed E-state index contributed by atoms with van der Waals surface area (Å²) in [5.41, 5.74) is 1.93. The van der Waals surface area contributed by atoms with Gasteiger partial charge in [0.15, 0.2) is 0 Å². The van der Waals surface area contributed by atoms with Crippen molar-refractivity contribution in [1.29, 1.82) is 0 Å². The van der Waals surface area contributed by atoms with Crippen LogP contribution in [0.2, 0.25) is 0 Å². The number of ether oxygens (including phenoxy) is 1. The van der Waals surface area contributed by atoms with Crippen LogP contribution in [0.1, 0.15) is 41.5 Å². The summed E-state index contributed by atoms with van der Waals surface area (Å²) < 4.78 is 5.47. The molecule has 0 spiro atoms. The van der Waals surface area contributed by atoms with Gasteiger partial charge < -0.3 is 20.1 Å². The quantitative estimate of drug-likeness (QED) is 0.762. The fourth-order valence-corrected chi connectivity index (χ4v) is 2.33. The van der Waals surface area contributed by atoms with E-state index in [0.29, 0.717) is 24.4 Å². The van der Waals surface area contributed by atoms with Crippen LogP contribution < -0.4 is 5.32 Å². The molecule has 0 radical (unpaired) electrons. The number of hydrogen-bond acceptors (Lipinski definition) is 3. The fourth-order valence-electron chi connectivity index (χ4n) is 2.33. The first-order chi connectivity index (χ1) is 8.50. The van der Waals surface area contributed by atoms with Crippen LogP contribution in [-0.4, -0.2) is 34.8 Å². The van der Waals surface area contributed by atoms with E-state index in [1.807, 2.05) is 0 Å². The Morgan fingerprint density at radius 1 is 1.67 bits per heavy atom. The van der Waals surface area contributed by atoms with Crippen LogP contribution in [0.4, 0.5) is 0 Å². The lowest BCUT2D eigenvalue weighted by Crippen LogP contribution is -2.48. The molecule has 0 amide bonds. The van der Waals surface area contributed by atoms with Crippen molar-refractivity contribution in [3.05, 3.63) is 23.0 Å². The molecule has 5 heteroatoms. The molecule has 1 unspecified atom stereocenters. The molecule has 1 aliphatic rings. The van der Waals surface area contributed by atoms with E-state index in [-0.39, 0.29) is 5.54 Å². The molecule has 2 heterocycles. The van der Waals surface area contributed by atoms with Gasteiger partial charge in [-0.3, -0.25) is 0 Å². The summed E-state index contributed by atoms with van der Waals surface area (Å²) in [5, 5.41) is 12.4. The van der Waals surface area contributed by atoms with Gasteiger partial charge in [-0.15, -0.1) is 0 Å². The second-order valence-corrected chi connectivity index (χ2v) is 5.21. The van der Waals surface area contributed by atoms with E-state index in [9.17, 15) is 4.79 Å². The molecular weight excluding hydrogens is 232 g/mol. The van der Waals surface area contributed by atoms with Crippen LogP contribution in [0.3, 0.4) is 0 Å². The third-order valence-electron chi connectivity index (χ3n) is 3.44. The fraction of sp³-hybridized carbons (Fsp3) is 0.615. The minimum atomic E-state index is -0.887. The summed E-state index contributed by atoms with van der Waals surface area (Å²) >= 11 is 0. The topological polar surface area (TPSA) is 74.3 Å². The molecular formula is C13H20N2O3. The van der Waals surface area contributed by atoms with Crippen LogP contribution in [0, 0.1) is 6.92 Å². The van der Waals surface area contributed by atoms with Crippen LogP contribution in [0.25, 0.3) is 0 Å². The summed E-state index contributed by atoms with van der Waals surface area (Å²) in [4.78, 5) is 14.0. The van der Waals surface area contributed by atoms with Crippen molar-refractivity contribution in [2.45, 2.75) is 38.8 Å². The number of H-pyrrole nitrogens is 1. The van der Waals surface area contributed by atoms with Crippen LogP contribution in [0.5, 0.6) is 0 Å². The lowest BCUT2D eigenvalue weighted by atomic mass is 9.95. The van der Waals surface area contributed by atoms with Crippen molar-refractivity contribution in [1.82, 2.24) is 10.3 Å². The number of rotatable bonds is 4. The number of carboxylic acids is 1. The zero-order valence-corrected chi connectivity index (χ0v) is 10.9. The standard InChI is InChI=1S/C13H20N2O3/c1-9-11(12(16)17)6-10(15-9)7-14-13(2)4-3-5-18-8-13/h6,14-15H,3-5,7-8H2,1-2H3,(H,16,17). The molecule has 0 aliphatic carbocycles. The Bertz CT molecular complexity index is 433. The SMILES string of the molecule is Cc1[nH]c(CNC2(C)CCCOC2)cc1C(=O)O. The van der Waals surface area contributed by atoms with E-state index in [1.165, 1.54) is 0 Å². The van der Waals surface area contributed by atoms with Gasteiger partial charge in [0, 0.05) is 30.1 Å². The van der Waals surface area contributed by atoms with Gasteiger partial charge in [-0.2, -0.15) is 0 Å². The molecule has 18 heavy (non-hydrogen) atoms. The van der Waals surface area contributed by atoms with Crippen LogP contribution in [-0.2, 0) is 11.3 Å². The zero-order chi connectivity index (χ0) is 13.2. The summed E-state index contributed by atoms with van der Waals surface area (Å²) in [7, 11) is 0. The van der Waals surface area contributed by atoms with E-state index < -0.39 is 5.97 Å². The van der Waals surface area contributed by atoms with E-state index in [4.69, 9.17) is 9.84 Å². The number of carboxylic acid groups (broad SMARTS) is 1. The van der Waals surface area contributed by atoms with Crippen molar-refractivity contribution >= 4 is 5.97 Å². The summed E-state index contributed by atoms with van der Waals surface area (Å²) in [6.07, 6.45) is 2.14. The Hall–Kier alpha value is -1.33. The number of aromatic nitrogens is 1. The molecule has 1 aliphatic heterocycles. The van der Waals surface area contributed by atoms with E-state index in [1.54, 1.807) is 13.0 Å². The van der Waals surface area contributed by atoms with Gasteiger partial charge >= 0.3 is 5.97 Å². The van der Waals surface area contributed by atoms with Gasteiger partial charge in [-0.25, -0.2) is 4.79 Å². The second kappa shape index (κ2) is 5.12. The Labute approximate surface area is 107 Å². The maximum absolute atomic E-state index is 10.9. The lowest BCUT2D eigenvalue weighted by Gasteiger charge is -2.34. The highest BCUT2D eigenvalue weighted by Gasteiger charge is 2.27. The van der Waals surface area contributed by atoms with Crippen molar-refractivity contribution in [3.8, 4) is 0 Å². The van der Waals surface area contributed by atoms with Gasteiger partial charge in [0.25, 0.3) is 0 Å². The molecule has 1 atom stereocenters. The molecule has 1 aromatic heterocycles. The molecule has 1 aromatic rings. The van der Waals surface area contributed by atoms with Crippen molar-refractivity contribution < 1.29 is 14.6 Å². The zero-order valence-electron chi connectivity index (χ0n) is 10.9. The molecule has 0 aromatic carbocycles. The number of aromatic carboxylic acids is 1. The van der Waals surface area contributed by atoms with Crippen molar-refractivity contribution in [2.24, 2.45) is 0 Å². The molecule has 0 saturated carbocycles. The highest BCUT2D eigenvalue weighted by Crippen LogP contribution is 2.19. The maximum Gasteiger partial charge on any atom is 0.337 e. The first kappa shape index (κ1) is 13.1. The van der Waals surface area contributed by atoms with E-state index >= 15 is 0 Å². The number of nitrogens with one attached hydrogen (secondary N) is 2. The van der Waals surface area contributed by atoms with Gasteiger partial charge in [-0.1, -0.05) is 0 Å². The minimum absolute atomic E-state index is 0.0132. The normalized spacial score (nSPS) is 24.1. The van der Waals surface area contributed by atoms with Gasteiger partial charge in [0.2, 0.25) is 0 Å². The Morgan fingerprint density at radius 2 is 2.44 bits per heavy atom. The highest BCUT2D eigenvalue weighted by molar-refractivity contribution is 5.89. The largest absolute Gasteiger partial charge is 0.478 e. The molecule has 3 N–H and O–H groups in total. The van der Waals surface area contributed by atoms with Crippen LogP contribution >= 0.6 is 0 Å². The molecule has 1 fully saturated rings. The predicted molar refractivity (Wildman–Crippen MR) is 67.8 cm³/mol. The minimum Gasteiger partial charge on any atom is -0.478 e. The monoisotopic (exact) mass is 252 g/mol. The van der Waals surface area contributed by atoms with Gasteiger partial charge in [0.05, 0.1) is 12.2 Å². The molecule has 1 saturated heterocycles. The average Bonchev–Trinajstić information content (AvgIpc) is 2.69. The second-order valence-electron chi connectivity index (χ2n) is 5.21. The summed E-state index contributed by atoms with van der Waals surface area (Å²) in [6, 6.07) is 1.69. The predicted octanol–water partition coefficient (Wildman–Crippen LogP) is 1.68.